The Hall–Kier alpha value is -3.89. The molecule has 1 heterocycles. The van der Waals surface area contributed by atoms with Crippen LogP contribution in [-0.2, 0) is 14.8 Å². The van der Waals surface area contributed by atoms with E-state index >= 15 is 0 Å². The van der Waals surface area contributed by atoms with Crippen molar-refractivity contribution < 1.29 is 22.7 Å². The van der Waals surface area contributed by atoms with Gasteiger partial charge >= 0.3 is 0 Å². The highest BCUT2D eigenvalue weighted by atomic mass is 32.2. The average molecular weight is 605 g/mol. The minimum atomic E-state index is -3.95. The van der Waals surface area contributed by atoms with Gasteiger partial charge in [0.2, 0.25) is 5.91 Å². The zero-order valence-corrected chi connectivity index (χ0v) is 25.2. The minimum absolute atomic E-state index is 0.00709. The number of rotatable bonds is 12. The molecule has 1 saturated carbocycles. The smallest absolute Gasteiger partial charge is 0.262 e. The van der Waals surface area contributed by atoms with Gasteiger partial charge in [-0.2, -0.15) is 0 Å². The van der Waals surface area contributed by atoms with Crippen molar-refractivity contribution in [3.05, 3.63) is 84.4 Å². The lowest BCUT2D eigenvalue weighted by molar-refractivity contribution is -0.121. The quantitative estimate of drug-likeness (QED) is 0.263. The zero-order valence-electron chi connectivity index (χ0n) is 24.3. The fraction of sp³-hybridized carbons (Fsp3) is 0.394. The highest BCUT2D eigenvalue weighted by Gasteiger charge is 2.24. The lowest BCUT2D eigenvalue weighted by atomic mass is 9.84. The van der Waals surface area contributed by atoms with Gasteiger partial charge in [0.1, 0.15) is 5.75 Å². The molecule has 9 nitrogen and oxygen atoms in total. The summed E-state index contributed by atoms with van der Waals surface area (Å²) in [5, 5.41) is 5.69. The molecule has 0 radical (unpaired) electrons. The lowest BCUT2D eigenvalue weighted by Gasteiger charge is -2.30. The fourth-order valence-electron chi connectivity index (χ4n) is 5.75. The molecule has 3 aromatic carbocycles. The number of anilines is 1. The van der Waals surface area contributed by atoms with Gasteiger partial charge in [-0.3, -0.25) is 14.3 Å². The van der Waals surface area contributed by atoms with Crippen LogP contribution in [0.1, 0.15) is 55.3 Å². The summed E-state index contributed by atoms with van der Waals surface area (Å²) in [5.41, 5.74) is 0.549. The number of carbonyl (C=O) groups is 2. The minimum Gasteiger partial charge on any atom is -0.455 e. The maximum absolute atomic E-state index is 13.1. The summed E-state index contributed by atoms with van der Waals surface area (Å²) >= 11 is 0. The van der Waals surface area contributed by atoms with E-state index in [9.17, 15) is 18.0 Å². The van der Waals surface area contributed by atoms with Crippen molar-refractivity contribution in [2.75, 3.05) is 30.9 Å². The summed E-state index contributed by atoms with van der Waals surface area (Å²) in [7, 11) is -3.95. The Morgan fingerprint density at radius 2 is 1.51 bits per heavy atom. The van der Waals surface area contributed by atoms with Gasteiger partial charge in [-0.15, -0.1) is 0 Å². The van der Waals surface area contributed by atoms with Crippen LogP contribution in [0.3, 0.4) is 0 Å². The molecule has 3 aromatic rings. The van der Waals surface area contributed by atoms with E-state index in [-0.39, 0.29) is 34.6 Å². The molecule has 0 atom stereocenters. The summed E-state index contributed by atoms with van der Waals surface area (Å²) in [5.74, 6) is 1.01. The van der Waals surface area contributed by atoms with Gasteiger partial charge in [0.05, 0.1) is 17.1 Å². The van der Waals surface area contributed by atoms with Gasteiger partial charge in [-0.1, -0.05) is 30.3 Å². The third-order valence-electron chi connectivity index (χ3n) is 8.20. The van der Waals surface area contributed by atoms with Gasteiger partial charge in [-0.25, -0.2) is 8.42 Å². The lowest BCUT2D eigenvalue weighted by Crippen LogP contribution is -2.43. The van der Waals surface area contributed by atoms with Crippen molar-refractivity contribution in [1.82, 2.24) is 15.5 Å². The molecule has 10 heteroatoms. The standard InChI is InChI=1S/C33H40N4O5S/c38-32(35-27-16-12-25(13-17-27)20-23-37-21-6-7-22-37)24-34-33(39)26-14-18-29(19-15-26)43(40,41)36-30-10-4-5-11-31(30)42-28-8-2-1-3-9-28/h1-5,8-11,14-15,18-19,25,27,36H,6-7,12-13,16-17,20-24H2,(H,34,39)(H,35,38)/t25-,27-. The van der Waals surface area contributed by atoms with Crippen LogP contribution >= 0.6 is 0 Å². The molecule has 5 rings (SSSR count). The first kappa shape index (κ1) is 30.6. The number of para-hydroxylation sites is 3. The molecule has 0 aromatic heterocycles. The first-order valence-corrected chi connectivity index (χ1v) is 16.6. The predicted molar refractivity (Wildman–Crippen MR) is 167 cm³/mol. The van der Waals surface area contributed by atoms with Gasteiger partial charge in [0.25, 0.3) is 15.9 Å². The van der Waals surface area contributed by atoms with Crippen molar-refractivity contribution >= 4 is 27.5 Å². The Balaban J connectivity index is 1.07. The van der Waals surface area contributed by atoms with Crippen LogP contribution in [0, 0.1) is 5.92 Å². The Morgan fingerprint density at radius 3 is 2.23 bits per heavy atom. The van der Waals surface area contributed by atoms with Crippen LogP contribution in [-0.4, -0.2) is 57.4 Å². The molecule has 0 spiro atoms. The van der Waals surface area contributed by atoms with E-state index in [1.807, 2.05) is 18.2 Å². The number of carbonyl (C=O) groups excluding carboxylic acids is 2. The molecule has 2 amide bonds. The summed E-state index contributed by atoms with van der Waals surface area (Å²) in [6.45, 7) is 3.53. The molecule has 2 aliphatic rings. The van der Waals surface area contributed by atoms with Crippen LogP contribution < -0.4 is 20.1 Å². The Morgan fingerprint density at radius 1 is 0.837 bits per heavy atom. The summed E-state index contributed by atoms with van der Waals surface area (Å²) in [4.78, 5) is 27.7. The third-order valence-corrected chi connectivity index (χ3v) is 9.58. The van der Waals surface area contributed by atoms with Crippen LogP contribution in [0.25, 0.3) is 0 Å². The maximum Gasteiger partial charge on any atom is 0.262 e. The number of benzene rings is 3. The number of nitrogens with zero attached hydrogens (tertiary/aromatic N) is 1. The second kappa shape index (κ2) is 14.5. The number of amides is 2. The van der Waals surface area contributed by atoms with Crippen molar-refractivity contribution in [2.45, 2.75) is 55.9 Å². The van der Waals surface area contributed by atoms with Crippen LogP contribution in [0.2, 0.25) is 0 Å². The summed E-state index contributed by atoms with van der Waals surface area (Å²) in [6, 6.07) is 21.6. The van der Waals surface area contributed by atoms with Crippen molar-refractivity contribution in [3.8, 4) is 11.5 Å². The second-order valence-electron chi connectivity index (χ2n) is 11.3. The normalized spacial score (nSPS) is 19.0. The molecule has 3 N–H and O–H groups in total. The number of hydrogen-bond donors (Lipinski definition) is 3. The molecule has 0 unspecified atom stereocenters. The molecule has 43 heavy (non-hydrogen) atoms. The summed E-state index contributed by atoms with van der Waals surface area (Å²) in [6.07, 6.45) is 8.07. The molecule has 1 aliphatic carbocycles. The van der Waals surface area contributed by atoms with Gasteiger partial charge in [-0.05, 0) is 119 Å². The van der Waals surface area contributed by atoms with Crippen molar-refractivity contribution in [1.29, 1.82) is 0 Å². The molecular weight excluding hydrogens is 564 g/mol. The monoisotopic (exact) mass is 604 g/mol. The van der Waals surface area contributed by atoms with Gasteiger partial charge in [0, 0.05) is 11.6 Å². The Bertz CT molecular complexity index is 1470. The number of ether oxygens (including phenoxy) is 1. The summed E-state index contributed by atoms with van der Waals surface area (Å²) < 4.78 is 34.6. The van der Waals surface area contributed by atoms with E-state index in [1.54, 1.807) is 36.4 Å². The average Bonchev–Trinajstić information content (AvgIpc) is 3.55. The van der Waals surface area contributed by atoms with Gasteiger partial charge in [0.15, 0.2) is 5.75 Å². The van der Waals surface area contributed by atoms with Gasteiger partial charge < -0.3 is 20.3 Å². The molecule has 2 fully saturated rings. The van der Waals surface area contributed by atoms with Crippen LogP contribution in [0.5, 0.6) is 11.5 Å². The number of sulfonamides is 1. The zero-order chi connectivity index (χ0) is 30.1. The Labute approximate surface area is 254 Å². The maximum atomic E-state index is 13.1. The van der Waals surface area contributed by atoms with E-state index in [0.717, 1.165) is 31.6 Å². The van der Waals surface area contributed by atoms with Crippen LogP contribution in [0.4, 0.5) is 5.69 Å². The first-order chi connectivity index (χ1) is 20.9. The first-order valence-electron chi connectivity index (χ1n) is 15.1. The highest BCUT2D eigenvalue weighted by molar-refractivity contribution is 7.92. The molecule has 0 bridgehead atoms. The molecular formula is C33H40N4O5S. The number of nitrogens with one attached hydrogen (secondary N) is 3. The van der Waals surface area contributed by atoms with E-state index in [1.165, 1.54) is 63.2 Å². The number of likely N-dealkylation sites (tertiary alicyclic amines) is 1. The third kappa shape index (κ3) is 8.81. The van der Waals surface area contributed by atoms with E-state index in [0.29, 0.717) is 11.5 Å². The predicted octanol–water partition coefficient (Wildman–Crippen LogP) is 5.17. The molecule has 1 saturated heterocycles. The Kier molecular flexibility index (Phi) is 10.3. The van der Waals surface area contributed by atoms with E-state index in [2.05, 4.69) is 20.3 Å². The molecule has 1 aliphatic heterocycles. The van der Waals surface area contributed by atoms with E-state index in [4.69, 9.17) is 4.74 Å². The van der Waals surface area contributed by atoms with Crippen molar-refractivity contribution in [2.24, 2.45) is 5.92 Å². The van der Waals surface area contributed by atoms with Crippen molar-refractivity contribution in [3.63, 3.8) is 0 Å². The fourth-order valence-corrected chi connectivity index (χ4v) is 6.82. The van der Waals surface area contributed by atoms with Crippen LogP contribution in [0.15, 0.2) is 83.8 Å². The van der Waals surface area contributed by atoms with E-state index < -0.39 is 15.9 Å². The highest BCUT2D eigenvalue weighted by Crippen LogP contribution is 2.31. The SMILES string of the molecule is O=C(CNC(=O)c1ccc(S(=O)(=O)Nc2ccccc2Oc2ccccc2)cc1)N[C@H]1CC[C@H](CCN2CCCC2)CC1. The second-order valence-corrected chi connectivity index (χ2v) is 13.0. The topological polar surface area (TPSA) is 117 Å². The largest absolute Gasteiger partial charge is 0.455 e. The molecule has 228 valence electrons. The number of hydrogen-bond acceptors (Lipinski definition) is 6.